The van der Waals surface area contributed by atoms with Crippen molar-refractivity contribution in [3.05, 3.63) is 57.5 Å². The summed E-state index contributed by atoms with van der Waals surface area (Å²) < 4.78 is 13.8. The van der Waals surface area contributed by atoms with E-state index in [0.29, 0.717) is 5.56 Å². The molecule has 5 heteroatoms. The quantitative estimate of drug-likeness (QED) is 0.673. The molecule has 1 aromatic carbocycles. The Bertz CT molecular complexity index is 560. The second-order valence-corrected chi connectivity index (χ2v) is 4.56. The van der Waals surface area contributed by atoms with Gasteiger partial charge in [-0.1, -0.05) is 12.1 Å². The Labute approximate surface area is 111 Å². The van der Waals surface area contributed by atoms with E-state index in [0.717, 1.165) is 3.57 Å². The van der Waals surface area contributed by atoms with Crippen LogP contribution in [-0.4, -0.2) is 10.9 Å². The van der Waals surface area contributed by atoms with Crippen LogP contribution >= 0.6 is 22.6 Å². The van der Waals surface area contributed by atoms with Gasteiger partial charge in [-0.2, -0.15) is 4.39 Å². The molecule has 0 bridgehead atoms. The lowest BCUT2D eigenvalue weighted by molar-refractivity contribution is 0.102. The normalized spacial score (nSPS) is 10.0. The number of amides is 1. The zero-order valence-electron chi connectivity index (χ0n) is 8.65. The number of rotatable bonds is 2. The summed E-state index contributed by atoms with van der Waals surface area (Å²) in [6.45, 7) is 0. The summed E-state index contributed by atoms with van der Waals surface area (Å²) in [5.41, 5.74) is 0.517. The molecule has 17 heavy (non-hydrogen) atoms. The molecule has 0 saturated heterocycles. The summed E-state index contributed by atoms with van der Waals surface area (Å²) in [5, 5.41) is 2.53. The molecule has 0 aliphatic heterocycles. The number of nitrogens with one attached hydrogen (secondary N) is 1. The van der Waals surface area contributed by atoms with Crippen LogP contribution in [0.3, 0.4) is 0 Å². The first kappa shape index (κ1) is 12.0. The molecule has 1 aromatic heterocycles. The first-order valence-corrected chi connectivity index (χ1v) is 5.92. The first-order chi connectivity index (χ1) is 8.15. The molecule has 1 amide bonds. The van der Waals surface area contributed by atoms with E-state index in [4.69, 9.17) is 0 Å². The van der Waals surface area contributed by atoms with Crippen molar-refractivity contribution in [2.45, 2.75) is 0 Å². The van der Waals surface area contributed by atoms with Crippen LogP contribution in [0.1, 0.15) is 10.4 Å². The molecule has 3 nitrogen and oxygen atoms in total. The van der Waals surface area contributed by atoms with Gasteiger partial charge in [-0.05, 0) is 52.9 Å². The minimum Gasteiger partial charge on any atom is -0.306 e. The summed E-state index contributed by atoms with van der Waals surface area (Å²) >= 11 is 2.12. The maximum absolute atomic E-state index is 12.8. The molecule has 0 atom stereocenters. The maximum atomic E-state index is 12.8. The van der Waals surface area contributed by atoms with Gasteiger partial charge in [0.15, 0.2) is 0 Å². The van der Waals surface area contributed by atoms with Crippen LogP contribution in [0, 0.1) is 9.52 Å². The smallest absolute Gasteiger partial charge is 0.256 e. The van der Waals surface area contributed by atoms with Gasteiger partial charge in [-0.15, -0.1) is 0 Å². The first-order valence-electron chi connectivity index (χ1n) is 4.84. The molecule has 1 heterocycles. The molecule has 0 radical (unpaired) electrons. The van der Waals surface area contributed by atoms with Crippen molar-refractivity contribution in [1.29, 1.82) is 0 Å². The van der Waals surface area contributed by atoms with Crippen LogP contribution in [0.15, 0.2) is 42.5 Å². The van der Waals surface area contributed by atoms with Crippen LogP contribution < -0.4 is 5.32 Å². The fourth-order valence-electron chi connectivity index (χ4n) is 1.30. The van der Waals surface area contributed by atoms with Gasteiger partial charge in [0.05, 0.1) is 0 Å². The topological polar surface area (TPSA) is 42.0 Å². The zero-order chi connectivity index (χ0) is 12.3. The number of aromatic nitrogens is 1. The van der Waals surface area contributed by atoms with Gasteiger partial charge >= 0.3 is 0 Å². The summed E-state index contributed by atoms with van der Waals surface area (Å²) in [6.07, 6.45) is 0. The third kappa shape index (κ3) is 3.23. The molecule has 0 aliphatic rings. The molecule has 2 rings (SSSR count). The van der Waals surface area contributed by atoms with Crippen molar-refractivity contribution in [2.24, 2.45) is 0 Å². The fraction of sp³-hybridized carbons (Fsp3) is 0. The predicted molar refractivity (Wildman–Crippen MR) is 71.3 cm³/mol. The average molecular weight is 342 g/mol. The molecule has 2 aromatic rings. The summed E-state index contributed by atoms with van der Waals surface area (Å²) in [5.74, 6) is -0.721. The zero-order valence-corrected chi connectivity index (χ0v) is 10.8. The molecule has 0 saturated carbocycles. The van der Waals surface area contributed by atoms with E-state index in [1.54, 1.807) is 18.2 Å². The van der Waals surface area contributed by atoms with E-state index in [1.807, 2.05) is 6.07 Å². The van der Waals surface area contributed by atoms with Gasteiger partial charge in [-0.3, -0.25) is 4.79 Å². The van der Waals surface area contributed by atoms with E-state index in [2.05, 4.69) is 32.9 Å². The number of anilines is 1. The van der Waals surface area contributed by atoms with E-state index < -0.39 is 5.95 Å². The fourth-order valence-corrected chi connectivity index (χ4v) is 1.84. The third-order valence-electron chi connectivity index (χ3n) is 2.04. The summed E-state index contributed by atoms with van der Waals surface area (Å²) in [6, 6.07) is 11.4. The third-order valence-corrected chi connectivity index (χ3v) is 2.71. The molecule has 0 aliphatic carbocycles. The van der Waals surface area contributed by atoms with Gasteiger partial charge in [0.25, 0.3) is 5.91 Å². The van der Waals surface area contributed by atoms with Crippen molar-refractivity contribution >= 4 is 34.3 Å². The standard InChI is InChI=1S/C12H8FIN2O/c13-10-5-2-6-11(15-10)16-12(17)8-3-1-4-9(14)7-8/h1-7H,(H,15,16,17). The Balaban J connectivity index is 2.17. The highest BCUT2D eigenvalue weighted by atomic mass is 127. The summed E-state index contributed by atoms with van der Waals surface area (Å²) in [4.78, 5) is 15.4. The average Bonchev–Trinajstić information content (AvgIpc) is 2.29. The number of nitrogens with zero attached hydrogens (tertiary/aromatic N) is 1. The Hall–Kier alpha value is -1.50. The monoisotopic (exact) mass is 342 g/mol. The van der Waals surface area contributed by atoms with Gasteiger partial charge in [0.1, 0.15) is 5.82 Å². The van der Waals surface area contributed by atoms with E-state index in [9.17, 15) is 9.18 Å². The van der Waals surface area contributed by atoms with Crippen molar-refractivity contribution in [2.75, 3.05) is 5.32 Å². The van der Waals surface area contributed by atoms with E-state index in [1.165, 1.54) is 18.2 Å². The molecule has 0 spiro atoms. The Kier molecular flexibility index (Phi) is 3.68. The highest BCUT2D eigenvalue weighted by Crippen LogP contribution is 2.10. The largest absolute Gasteiger partial charge is 0.306 e. The number of hydrogen-bond donors (Lipinski definition) is 1. The van der Waals surface area contributed by atoms with Crippen LogP contribution in [0.4, 0.5) is 10.2 Å². The van der Waals surface area contributed by atoms with Crippen molar-refractivity contribution in [3.8, 4) is 0 Å². The van der Waals surface area contributed by atoms with E-state index >= 15 is 0 Å². The lowest BCUT2D eigenvalue weighted by Gasteiger charge is -2.04. The van der Waals surface area contributed by atoms with Crippen molar-refractivity contribution in [1.82, 2.24) is 4.98 Å². The molecular formula is C12H8FIN2O. The van der Waals surface area contributed by atoms with Gasteiger partial charge in [0.2, 0.25) is 5.95 Å². The second kappa shape index (κ2) is 5.22. The van der Waals surface area contributed by atoms with Gasteiger partial charge in [0, 0.05) is 9.13 Å². The minimum atomic E-state index is -0.620. The summed E-state index contributed by atoms with van der Waals surface area (Å²) in [7, 11) is 0. The highest BCUT2D eigenvalue weighted by molar-refractivity contribution is 14.1. The Morgan fingerprint density at radius 2 is 2.00 bits per heavy atom. The second-order valence-electron chi connectivity index (χ2n) is 3.31. The highest BCUT2D eigenvalue weighted by Gasteiger charge is 2.07. The molecular weight excluding hydrogens is 334 g/mol. The Morgan fingerprint density at radius 1 is 1.24 bits per heavy atom. The van der Waals surface area contributed by atoms with Crippen LogP contribution in [0.2, 0.25) is 0 Å². The minimum absolute atomic E-state index is 0.203. The number of carbonyl (C=O) groups excluding carboxylic acids is 1. The predicted octanol–water partition coefficient (Wildman–Crippen LogP) is 3.08. The number of hydrogen-bond acceptors (Lipinski definition) is 2. The van der Waals surface area contributed by atoms with Crippen LogP contribution in [0.5, 0.6) is 0 Å². The van der Waals surface area contributed by atoms with Crippen molar-refractivity contribution < 1.29 is 9.18 Å². The number of carbonyl (C=O) groups is 1. The van der Waals surface area contributed by atoms with Gasteiger partial charge in [-0.25, -0.2) is 4.98 Å². The van der Waals surface area contributed by atoms with Crippen LogP contribution in [0.25, 0.3) is 0 Å². The SMILES string of the molecule is O=C(Nc1cccc(F)n1)c1cccc(I)c1. The van der Waals surface area contributed by atoms with E-state index in [-0.39, 0.29) is 11.7 Å². The van der Waals surface area contributed by atoms with Crippen molar-refractivity contribution in [3.63, 3.8) is 0 Å². The lowest BCUT2D eigenvalue weighted by Crippen LogP contribution is -2.13. The maximum Gasteiger partial charge on any atom is 0.256 e. The lowest BCUT2D eigenvalue weighted by atomic mass is 10.2. The van der Waals surface area contributed by atoms with Crippen LogP contribution in [-0.2, 0) is 0 Å². The molecule has 1 N–H and O–H groups in total. The number of halogens is 2. The number of pyridine rings is 1. The Morgan fingerprint density at radius 3 is 2.71 bits per heavy atom. The number of benzene rings is 1. The molecule has 0 fully saturated rings. The molecule has 86 valence electrons. The molecule has 0 unspecified atom stereocenters. The van der Waals surface area contributed by atoms with Gasteiger partial charge < -0.3 is 5.32 Å².